The van der Waals surface area contributed by atoms with Crippen LogP contribution in [0.5, 0.6) is 5.75 Å². The highest BCUT2D eigenvalue weighted by atomic mass is 35.5. The van der Waals surface area contributed by atoms with Crippen LogP contribution in [0.2, 0.25) is 0 Å². The van der Waals surface area contributed by atoms with Gasteiger partial charge < -0.3 is 15.4 Å². The fourth-order valence-corrected chi connectivity index (χ4v) is 2.63. The summed E-state index contributed by atoms with van der Waals surface area (Å²) in [7, 11) is 0. The number of alkyl halides is 1. The Bertz CT molecular complexity index is 592. The maximum absolute atomic E-state index is 12.5. The summed E-state index contributed by atoms with van der Waals surface area (Å²) in [6.45, 7) is 4.90. The Labute approximate surface area is 140 Å². The van der Waals surface area contributed by atoms with E-state index in [4.69, 9.17) is 22.1 Å². The zero-order valence-corrected chi connectivity index (χ0v) is 14.2. The van der Waals surface area contributed by atoms with Gasteiger partial charge in [0.2, 0.25) is 5.91 Å². The molecule has 0 aliphatic carbocycles. The molecule has 1 saturated heterocycles. The Balaban J connectivity index is 2.03. The van der Waals surface area contributed by atoms with E-state index in [1.54, 1.807) is 11.0 Å². The zero-order chi connectivity index (χ0) is 17.0. The molecule has 1 fully saturated rings. The summed E-state index contributed by atoms with van der Waals surface area (Å²) >= 11 is 5.89. The van der Waals surface area contributed by atoms with E-state index >= 15 is 0 Å². The average Bonchev–Trinajstić information content (AvgIpc) is 2.54. The minimum atomic E-state index is -0.597. The molecule has 1 atom stereocenters. The summed E-state index contributed by atoms with van der Waals surface area (Å²) < 4.78 is 5.90. The molecule has 23 heavy (non-hydrogen) atoms. The van der Waals surface area contributed by atoms with Gasteiger partial charge in [0.1, 0.15) is 17.5 Å². The van der Waals surface area contributed by atoms with Crippen LogP contribution in [0.3, 0.4) is 0 Å². The van der Waals surface area contributed by atoms with Gasteiger partial charge in [0, 0.05) is 24.7 Å². The number of likely N-dealkylation sites (tertiary alicyclic amines) is 1. The van der Waals surface area contributed by atoms with Gasteiger partial charge in [0.15, 0.2) is 0 Å². The fraction of sp³-hybridized carbons (Fsp3) is 0.562. The molecule has 6 nitrogen and oxygen atoms in total. The van der Waals surface area contributed by atoms with Crippen molar-refractivity contribution in [1.82, 2.24) is 9.88 Å². The molecule has 1 aliphatic rings. The standard InChI is InChI=1S/C16H22ClN3O3/c1-16(2,10-17)15(22)20-7-3-4-12(9-20)23-11-5-6-19-13(8-11)14(18)21/h5-6,8,12H,3-4,7,9-10H2,1-2H3,(H2,18,21). The molecule has 1 aromatic rings. The molecule has 1 unspecified atom stereocenters. The van der Waals surface area contributed by atoms with E-state index in [1.807, 2.05) is 13.8 Å². The third-order valence-corrected chi connectivity index (χ3v) is 4.53. The van der Waals surface area contributed by atoms with Crippen molar-refractivity contribution in [3.8, 4) is 5.75 Å². The molecule has 1 aromatic heterocycles. The minimum absolute atomic E-state index is 0.0355. The molecule has 126 valence electrons. The molecule has 0 aromatic carbocycles. The Morgan fingerprint density at radius 1 is 1.52 bits per heavy atom. The maximum atomic E-state index is 12.5. The van der Waals surface area contributed by atoms with Crippen molar-refractivity contribution in [3.05, 3.63) is 24.0 Å². The molecule has 7 heteroatoms. The summed E-state index contributed by atoms with van der Waals surface area (Å²) in [6.07, 6.45) is 3.07. The molecule has 2 N–H and O–H groups in total. The number of hydrogen-bond donors (Lipinski definition) is 1. The zero-order valence-electron chi connectivity index (χ0n) is 13.4. The van der Waals surface area contributed by atoms with Crippen LogP contribution < -0.4 is 10.5 Å². The maximum Gasteiger partial charge on any atom is 0.267 e. The predicted molar refractivity (Wildman–Crippen MR) is 87.5 cm³/mol. The van der Waals surface area contributed by atoms with Crippen LogP contribution >= 0.6 is 11.6 Å². The van der Waals surface area contributed by atoms with Crippen LogP contribution in [0.25, 0.3) is 0 Å². The summed E-state index contributed by atoms with van der Waals surface area (Å²) in [5.41, 5.74) is 4.80. The highest BCUT2D eigenvalue weighted by molar-refractivity contribution is 6.19. The molecule has 0 spiro atoms. The normalized spacial score (nSPS) is 18.6. The van der Waals surface area contributed by atoms with Gasteiger partial charge in [-0.1, -0.05) is 0 Å². The number of hydrogen-bond acceptors (Lipinski definition) is 4. The van der Waals surface area contributed by atoms with E-state index in [0.717, 1.165) is 12.8 Å². The van der Waals surface area contributed by atoms with E-state index < -0.39 is 11.3 Å². The Morgan fingerprint density at radius 3 is 2.91 bits per heavy atom. The first kappa shape index (κ1) is 17.5. The van der Waals surface area contributed by atoms with Crippen LogP contribution in [0.15, 0.2) is 18.3 Å². The number of primary amides is 1. The van der Waals surface area contributed by atoms with Crippen LogP contribution in [0, 0.1) is 5.41 Å². The number of piperidine rings is 1. The van der Waals surface area contributed by atoms with Gasteiger partial charge in [0.05, 0.1) is 12.0 Å². The number of aromatic nitrogens is 1. The molecular weight excluding hydrogens is 318 g/mol. The van der Waals surface area contributed by atoms with Crippen LogP contribution in [0.1, 0.15) is 37.2 Å². The second-order valence-corrected chi connectivity index (χ2v) is 6.66. The monoisotopic (exact) mass is 339 g/mol. The summed E-state index contributed by atoms with van der Waals surface area (Å²) in [6, 6.07) is 3.20. The Kier molecular flexibility index (Phi) is 5.46. The Morgan fingerprint density at radius 2 is 2.26 bits per heavy atom. The lowest BCUT2D eigenvalue weighted by atomic mass is 9.93. The van der Waals surface area contributed by atoms with Crippen LogP contribution in [-0.2, 0) is 4.79 Å². The molecular formula is C16H22ClN3O3. The van der Waals surface area contributed by atoms with E-state index in [9.17, 15) is 9.59 Å². The second-order valence-electron chi connectivity index (χ2n) is 6.39. The van der Waals surface area contributed by atoms with Crippen LogP contribution in [-0.4, -0.2) is 46.8 Å². The smallest absolute Gasteiger partial charge is 0.267 e. The fourth-order valence-electron chi connectivity index (χ4n) is 2.52. The lowest BCUT2D eigenvalue weighted by Gasteiger charge is -2.37. The SMILES string of the molecule is CC(C)(CCl)C(=O)N1CCCC(Oc2ccnc(C(N)=O)c2)C1. The third-order valence-electron chi connectivity index (χ3n) is 3.87. The minimum Gasteiger partial charge on any atom is -0.488 e. The average molecular weight is 340 g/mol. The van der Waals surface area contributed by atoms with Gasteiger partial charge in [-0.15, -0.1) is 11.6 Å². The number of pyridine rings is 1. The van der Waals surface area contributed by atoms with Gasteiger partial charge in [0.25, 0.3) is 5.91 Å². The van der Waals surface area contributed by atoms with Gasteiger partial charge in [-0.05, 0) is 32.8 Å². The molecule has 0 bridgehead atoms. The molecule has 2 heterocycles. The van der Waals surface area contributed by atoms with Gasteiger partial charge in [-0.2, -0.15) is 0 Å². The number of rotatable bonds is 5. The van der Waals surface area contributed by atoms with Gasteiger partial charge in [-0.25, -0.2) is 0 Å². The van der Waals surface area contributed by atoms with E-state index in [-0.39, 0.29) is 23.6 Å². The second kappa shape index (κ2) is 7.17. The highest BCUT2D eigenvalue weighted by Gasteiger charge is 2.34. The molecule has 0 saturated carbocycles. The van der Waals surface area contributed by atoms with E-state index in [0.29, 0.717) is 18.8 Å². The lowest BCUT2D eigenvalue weighted by molar-refractivity contribution is -0.141. The first-order valence-corrected chi connectivity index (χ1v) is 8.15. The first-order chi connectivity index (χ1) is 10.8. The molecule has 1 aliphatic heterocycles. The van der Waals surface area contributed by atoms with E-state index in [2.05, 4.69) is 4.98 Å². The van der Waals surface area contributed by atoms with Crippen molar-refractivity contribution in [2.75, 3.05) is 19.0 Å². The van der Waals surface area contributed by atoms with Crippen molar-refractivity contribution in [1.29, 1.82) is 0 Å². The van der Waals surface area contributed by atoms with Gasteiger partial charge in [-0.3, -0.25) is 14.6 Å². The number of nitrogens with two attached hydrogens (primary N) is 1. The third kappa shape index (κ3) is 4.34. The summed E-state index contributed by atoms with van der Waals surface area (Å²) in [5, 5.41) is 0. The van der Waals surface area contributed by atoms with E-state index in [1.165, 1.54) is 12.3 Å². The van der Waals surface area contributed by atoms with Crippen molar-refractivity contribution in [3.63, 3.8) is 0 Å². The summed E-state index contributed by atoms with van der Waals surface area (Å²) in [4.78, 5) is 29.4. The van der Waals surface area contributed by atoms with Crippen molar-refractivity contribution >= 4 is 23.4 Å². The van der Waals surface area contributed by atoms with Crippen molar-refractivity contribution < 1.29 is 14.3 Å². The van der Waals surface area contributed by atoms with Gasteiger partial charge >= 0.3 is 0 Å². The number of carbonyl (C=O) groups excluding carboxylic acids is 2. The highest BCUT2D eigenvalue weighted by Crippen LogP contribution is 2.25. The molecule has 2 rings (SSSR count). The number of nitrogens with zero attached hydrogens (tertiary/aromatic N) is 2. The lowest BCUT2D eigenvalue weighted by Crippen LogP contribution is -2.49. The number of carbonyl (C=O) groups is 2. The largest absolute Gasteiger partial charge is 0.488 e. The molecule has 2 amide bonds. The topological polar surface area (TPSA) is 85.5 Å². The number of amides is 2. The Hall–Kier alpha value is -1.82. The predicted octanol–water partition coefficient (Wildman–Crippen LogP) is 1.82. The molecule has 0 radical (unpaired) electrons. The van der Waals surface area contributed by atoms with Crippen molar-refractivity contribution in [2.45, 2.75) is 32.8 Å². The van der Waals surface area contributed by atoms with Crippen LogP contribution in [0.4, 0.5) is 0 Å². The first-order valence-electron chi connectivity index (χ1n) is 7.61. The van der Waals surface area contributed by atoms with Crippen molar-refractivity contribution in [2.24, 2.45) is 11.1 Å². The quantitative estimate of drug-likeness (QED) is 0.829. The number of ether oxygens (including phenoxy) is 1. The summed E-state index contributed by atoms with van der Waals surface area (Å²) in [5.74, 6) is 0.248. The number of halogens is 1.